The van der Waals surface area contributed by atoms with E-state index < -0.39 is 15.6 Å². The minimum Gasteiger partial charge on any atom is -0.291 e. The van der Waals surface area contributed by atoms with Gasteiger partial charge in [-0.05, 0) is 45.7 Å². The Hall–Kier alpha value is -1.73. The Labute approximate surface area is 125 Å². The maximum absolute atomic E-state index is 11.8. The Kier molecular flexibility index (Phi) is 3.67. The van der Waals surface area contributed by atoms with Crippen molar-refractivity contribution in [2.45, 2.75) is 45.3 Å². The first kappa shape index (κ1) is 15.7. The van der Waals surface area contributed by atoms with E-state index in [9.17, 15) is 8.42 Å². The summed E-state index contributed by atoms with van der Waals surface area (Å²) in [5.74, 6) is 0.507. The van der Waals surface area contributed by atoms with Gasteiger partial charge in [0.1, 0.15) is 0 Å². The monoisotopic (exact) mass is 308 g/mol. The van der Waals surface area contributed by atoms with Crippen molar-refractivity contribution in [1.29, 1.82) is 0 Å². The smallest absolute Gasteiger partial charge is 0.273 e. The second-order valence-corrected chi connectivity index (χ2v) is 7.56. The highest BCUT2D eigenvalue weighted by Gasteiger charge is 2.29. The lowest BCUT2D eigenvalue weighted by atomic mass is 10.0. The molecule has 6 nitrogen and oxygen atoms in total. The molecule has 2 rings (SSSR count). The normalized spacial score (nSPS) is 12.7. The first-order valence-corrected chi connectivity index (χ1v) is 8.13. The molecular formula is C14H20N4O2S. The first-order valence-electron chi connectivity index (χ1n) is 6.59. The molecule has 1 aromatic carbocycles. The third-order valence-corrected chi connectivity index (χ3v) is 4.18. The van der Waals surface area contributed by atoms with Crippen LogP contribution < -0.4 is 5.14 Å². The molecule has 0 amide bonds. The van der Waals surface area contributed by atoms with Gasteiger partial charge < -0.3 is 0 Å². The molecule has 0 aliphatic rings. The van der Waals surface area contributed by atoms with Crippen molar-refractivity contribution >= 4 is 10.0 Å². The number of benzene rings is 1. The van der Waals surface area contributed by atoms with Crippen molar-refractivity contribution < 1.29 is 8.42 Å². The molecule has 0 bridgehead atoms. The van der Waals surface area contributed by atoms with Crippen LogP contribution in [0.4, 0.5) is 0 Å². The molecule has 2 aromatic rings. The Morgan fingerprint density at radius 3 is 2.29 bits per heavy atom. The second-order valence-electron chi connectivity index (χ2n) is 6.10. The van der Waals surface area contributed by atoms with Gasteiger partial charge in [0, 0.05) is 11.1 Å². The number of rotatable bonds is 2. The SMILES string of the molecule is Cc1cccc(-c2nnc(S(N)(=O)=O)n2C(C)(C)C)c1C. The molecule has 114 valence electrons. The van der Waals surface area contributed by atoms with E-state index in [0.717, 1.165) is 16.7 Å². The first-order chi connectivity index (χ1) is 9.53. The Bertz CT molecular complexity index is 786. The van der Waals surface area contributed by atoms with Gasteiger partial charge in [0.15, 0.2) is 5.82 Å². The van der Waals surface area contributed by atoms with Gasteiger partial charge >= 0.3 is 0 Å². The molecule has 1 aromatic heterocycles. The number of aryl methyl sites for hydroxylation is 1. The molecule has 0 aliphatic heterocycles. The minimum absolute atomic E-state index is 0.217. The van der Waals surface area contributed by atoms with Crippen LogP contribution in [0.5, 0.6) is 0 Å². The van der Waals surface area contributed by atoms with E-state index in [1.807, 2.05) is 52.8 Å². The summed E-state index contributed by atoms with van der Waals surface area (Å²) < 4.78 is 25.1. The highest BCUT2D eigenvalue weighted by molar-refractivity contribution is 7.89. The molecule has 0 atom stereocenters. The lowest BCUT2D eigenvalue weighted by Gasteiger charge is -2.24. The van der Waals surface area contributed by atoms with Crippen molar-refractivity contribution in [3.8, 4) is 11.4 Å². The standard InChI is InChI=1S/C14H20N4O2S/c1-9-7-6-8-11(10(9)2)12-16-17-13(21(15,19)20)18(12)14(3,4)5/h6-8H,1-5H3,(H2,15,19,20). The Morgan fingerprint density at radius 2 is 1.76 bits per heavy atom. The average Bonchev–Trinajstić information content (AvgIpc) is 2.76. The summed E-state index contributed by atoms with van der Waals surface area (Å²) in [6, 6.07) is 5.81. The molecule has 0 radical (unpaired) electrons. The number of aromatic nitrogens is 3. The minimum atomic E-state index is -3.94. The molecule has 0 aliphatic carbocycles. The predicted octanol–water partition coefficient (Wildman–Crippen LogP) is 1.96. The van der Waals surface area contributed by atoms with Gasteiger partial charge in [-0.1, -0.05) is 18.2 Å². The summed E-state index contributed by atoms with van der Waals surface area (Å²) in [7, 11) is -3.94. The molecule has 0 saturated carbocycles. The summed E-state index contributed by atoms with van der Waals surface area (Å²) in [5.41, 5.74) is 2.48. The number of nitrogens with zero attached hydrogens (tertiary/aromatic N) is 3. The van der Waals surface area contributed by atoms with Crippen LogP contribution in [0.3, 0.4) is 0 Å². The fraction of sp³-hybridized carbons (Fsp3) is 0.429. The topological polar surface area (TPSA) is 90.9 Å². The van der Waals surface area contributed by atoms with E-state index >= 15 is 0 Å². The Balaban J connectivity index is 2.83. The fourth-order valence-electron chi connectivity index (χ4n) is 2.23. The zero-order valence-corrected chi connectivity index (χ0v) is 13.7. The van der Waals surface area contributed by atoms with Gasteiger partial charge in [-0.25, -0.2) is 13.6 Å². The van der Waals surface area contributed by atoms with Crippen molar-refractivity contribution in [2.24, 2.45) is 5.14 Å². The summed E-state index contributed by atoms with van der Waals surface area (Å²) in [6.07, 6.45) is 0. The lowest BCUT2D eigenvalue weighted by Crippen LogP contribution is -2.29. The largest absolute Gasteiger partial charge is 0.291 e. The number of nitrogens with two attached hydrogens (primary N) is 1. The molecule has 0 fully saturated rings. The number of primary sulfonamides is 1. The van der Waals surface area contributed by atoms with Gasteiger partial charge in [0.05, 0.1) is 0 Å². The third kappa shape index (κ3) is 2.84. The molecule has 21 heavy (non-hydrogen) atoms. The van der Waals surface area contributed by atoms with Crippen LogP contribution in [0.2, 0.25) is 0 Å². The van der Waals surface area contributed by atoms with Crippen LogP contribution in [0.15, 0.2) is 23.4 Å². The maximum Gasteiger partial charge on any atom is 0.273 e. The quantitative estimate of drug-likeness (QED) is 0.918. The van der Waals surface area contributed by atoms with Crippen molar-refractivity contribution in [3.63, 3.8) is 0 Å². The summed E-state index contributed by atoms with van der Waals surface area (Å²) in [4.78, 5) is 0. The van der Waals surface area contributed by atoms with E-state index in [-0.39, 0.29) is 5.16 Å². The highest BCUT2D eigenvalue weighted by Crippen LogP contribution is 2.30. The van der Waals surface area contributed by atoms with E-state index in [0.29, 0.717) is 5.82 Å². The van der Waals surface area contributed by atoms with E-state index in [1.165, 1.54) is 0 Å². The van der Waals surface area contributed by atoms with Crippen molar-refractivity contribution in [3.05, 3.63) is 29.3 Å². The van der Waals surface area contributed by atoms with Gasteiger partial charge in [-0.3, -0.25) is 4.57 Å². The van der Waals surface area contributed by atoms with Crippen molar-refractivity contribution in [2.75, 3.05) is 0 Å². The zero-order chi connectivity index (χ0) is 16.0. The molecule has 0 unspecified atom stereocenters. The van der Waals surface area contributed by atoms with E-state index in [2.05, 4.69) is 10.2 Å². The summed E-state index contributed by atoms with van der Waals surface area (Å²) >= 11 is 0. The molecule has 2 N–H and O–H groups in total. The predicted molar refractivity (Wildman–Crippen MR) is 81.3 cm³/mol. The molecule has 1 heterocycles. The van der Waals surface area contributed by atoms with E-state index in [1.54, 1.807) is 4.57 Å². The van der Waals surface area contributed by atoms with Gasteiger partial charge in [0.2, 0.25) is 0 Å². The fourth-order valence-corrected chi connectivity index (χ4v) is 3.00. The van der Waals surface area contributed by atoms with Crippen LogP contribution in [-0.2, 0) is 15.6 Å². The molecule has 0 spiro atoms. The average molecular weight is 308 g/mol. The molecule has 0 saturated heterocycles. The number of hydrogen-bond acceptors (Lipinski definition) is 4. The van der Waals surface area contributed by atoms with Crippen LogP contribution >= 0.6 is 0 Å². The zero-order valence-electron chi connectivity index (χ0n) is 12.9. The number of hydrogen-bond donors (Lipinski definition) is 1. The number of sulfonamides is 1. The van der Waals surface area contributed by atoms with Crippen molar-refractivity contribution in [1.82, 2.24) is 14.8 Å². The molecule has 7 heteroatoms. The van der Waals surface area contributed by atoms with Gasteiger partial charge in [-0.15, -0.1) is 10.2 Å². The summed E-state index contributed by atoms with van der Waals surface area (Å²) in [5, 5.41) is 12.9. The third-order valence-electron chi connectivity index (χ3n) is 3.40. The van der Waals surface area contributed by atoms with Crippen LogP contribution in [0.1, 0.15) is 31.9 Å². The second kappa shape index (κ2) is 4.92. The van der Waals surface area contributed by atoms with Crippen LogP contribution in [0.25, 0.3) is 11.4 Å². The molecular weight excluding hydrogens is 288 g/mol. The Morgan fingerprint density at radius 1 is 1.14 bits per heavy atom. The van der Waals surface area contributed by atoms with Gasteiger partial charge in [0.25, 0.3) is 15.2 Å². The van der Waals surface area contributed by atoms with E-state index in [4.69, 9.17) is 5.14 Å². The van der Waals surface area contributed by atoms with Crippen LogP contribution in [-0.4, -0.2) is 23.2 Å². The lowest BCUT2D eigenvalue weighted by molar-refractivity contribution is 0.366. The summed E-state index contributed by atoms with van der Waals surface area (Å²) in [6.45, 7) is 9.64. The maximum atomic E-state index is 11.8. The highest BCUT2D eigenvalue weighted by atomic mass is 32.2. The van der Waals surface area contributed by atoms with Gasteiger partial charge in [-0.2, -0.15) is 0 Å². The van der Waals surface area contributed by atoms with Crippen LogP contribution in [0, 0.1) is 13.8 Å².